The van der Waals surface area contributed by atoms with Crippen LogP contribution in [0.2, 0.25) is 0 Å². The molecular weight excluding hydrogens is 452 g/mol. The molecule has 0 bridgehead atoms. The van der Waals surface area contributed by atoms with E-state index in [9.17, 15) is 9.59 Å². The minimum absolute atomic E-state index is 0.133. The van der Waals surface area contributed by atoms with Crippen LogP contribution in [0.3, 0.4) is 0 Å². The first kappa shape index (κ1) is 23.2. The maximum Gasteiger partial charge on any atom is 0.251 e. The average Bonchev–Trinajstić information content (AvgIpc) is 3.31. The van der Waals surface area contributed by atoms with Gasteiger partial charge in [0.25, 0.3) is 5.56 Å². The van der Waals surface area contributed by atoms with Gasteiger partial charge in [-0.15, -0.1) is 11.3 Å². The predicted octanol–water partition coefficient (Wildman–Crippen LogP) is 4.32. The van der Waals surface area contributed by atoms with Gasteiger partial charge in [-0.1, -0.05) is 19.1 Å². The van der Waals surface area contributed by atoms with Crippen LogP contribution in [0.1, 0.15) is 18.3 Å². The van der Waals surface area contributed by atoms with Crippen molar-refractivity contribution in [3.8, 4) is 33.5 Å². The molecule has 4 rings (SSSR count). The summed E-state index contributed by atoms with van der Waals surface area (Å²) < 4.78 is 10.6. The number of aromatic amines is 1. The van der Waals surface area contributed by atoms with E-state index in [4.69, 9.17) is 9.47 Å². The number of ether oxygens (including phenoxy) is 2. The van der Waals surface area contributed by atoms with E-state index in [0.717, 1.165) is 16.1 Å². The molecular formula is C25H24N4O4S. The molecule has 9 heteroatoms. The molecule has 0 fully saturated rings. The summed E-state index contributed by atoms with van der Waals surface area (Å²) in [4.78, 5) is 36.4. The van der Waals surface area contributed by atoms with Gasteiger partial charge in [0.1, 0.15) is 10.8 Å². The monoisotopic (exact) mass is 476 g/mol. The van der Waals surface area contributed by atoms with Crippen LogP contribution in [-0.4, -0.2) is 35.1 Å². The summed E-state index contributed by atoms with van der Waals surface area (Å²) in [6, 6.07) is 14.3. The standard InChI is InChI=1S/C25H24N4O4S/c1-4-17-12-23(31)29-24(27-17)15-6-5-7-18(10-15)26-22(30)13-19-14-34-25(28-19)16-8-9-20(32-2)21(11-16)33-3/h5-12,14H,4,13H2,1-3H3,(H,26,30)(H,27,29,31). The molecule has 0 unspecified atom stereocenters. The molecule has 4 aromatic rings. The van der Waals surface area contributed by atoms with Gasteiger partial charge in [0.15, 0.2) is 11.5 Å². The molecule has 0 aliphatic heterocycles. The van der Waals surface area contributed by atoms with Crippen molar-refractivity contribution in [1.82, 2.24) is 15.0 Å². The molecule has 2 aromatic carbocycles. The number of aryl methyl sites for hydroxylation is 1. The summed E-state index contributed by atoms with van der Waals surface area (Å²) in [7, 11) is 3.17. The topological polar surface area (TPSA) is 106 Å². The Hall–Kier alpha value is -3.98. The molecule has 2 aromatic heterocycles. The molecule has 0 spiro atoms. The first-order valence-electron chi connectivity index (χ1n) is 10.7. The van der Waals surface area contributed by atoms with E-state index in [1.807, 2.05) is 42.6 Å². The molecule has 0 radical (unpaired) electrons. The van der Waals surface area contributed by atoms with E-state index < -0.39 is 0 Å². The Labute approximate surface area is 200 Å². The molecule has 2 heterocycles. The van der Waals surface area contributed by atoms with Crippen molar-refractivity contribution in [2.75, 3.05) is 19.5 Å². The maximum atomic E-state index is 12.7. The number of carbonyl (C=O) groups excluding carboxylic acids is 1. The fourth-order valence-electron chi connectivity index (χ4n) is 3.43. The number of benzene rings is 2. The highest BCUT2D eigenvalue weighted by atomic mass is 32.1. The van der Waals surface area contributed by atoms with Gasteiger partial charge in [0.2, 0.25) is 5.91 Å². The van der Waals surface area contributed by atoms with Crippen LogP contribution < -0.4 is 20.3 Å². The van der Waals surface area contributed by atoms with Gasteiger partial charge < -0.3 is 19.8 Å². The SMILES string of the molecule is CCc1cc(=O)[nH]c(-c2cccc(NC(=O)Cc3csc(-c4ccc(OC)c(OC)c4)n3)c2)n1. The van der Waals surface area contributed by atoms with Crippen LogP contribution >= 0.6 is 11.3 Å². The highest BCUT2D eigenvalue weighted by Gasteiger charge is 2.13. The van der Waals surface area contributed by atoms with Crippen molar-refractivity contribution in [1.29, 1.82) is 0 Å². The summed E-state index contributed by atoms with van der Waals surface area (Å²) >= 11 is 1.46. The Bertz CT molecular complexity index is 1380. The number of nitrogens with one attached hydrogen (secondary N) is 2. The van der Waals surface area contributed by atoms with E-state index in [2.05, 4.69) is 20.3 Å². The predicted molar refractivity (Wildman–Crippen MR) is 133 cm³/mol. The first-order chi connectivity index (χ1) is 16.5. The molecule has 0 atom stereocenters. The fraction of sp³-hybridized carbons (Fsp3) is 0.200. The molecule has 0 aliphatic carbocycles. The molecule has 34 heavy (non-hydrogen) atoms. The van der Waals surface area contributed by atoms with Crippen molar-refractivity contribution < 1.29 is 14.3 Å². The molecule has 0 saturated carbocycles. The lowest BCUT2D eigenvalue weighted by Crippen LogP contribution is -2.15. The lowest BCUT2D eigenvalue weighted by molar-refractivity contribution is -0.115. The number of H-pyrrole nitrogens is 1. The van der Waals surface area contributed by atoms with Gasteiger partial charge in [-0.25, -0.2) is 9.97 Å². The Morgan fingerprint density at radius 1 is 1.00 bits per heavy atom. The number of thiazole rings is 1. The maximum absolute atomic E-state index is 12.7. The quantitative estimate of drug-likeness (QED) is 0.392. The third kappa shape index (κ3) is 5.32. The minimum atomic E-state index is -0.204. The lowest BCUT2D eigenvalue weighted by atomic mass is 10.1. The second kappa shape index (κ2) is 10.3. The number of hydrogen-bond donors (Lipinski definition) is 2. The van der Waals surface area contributed by atoms with Crippen LogP contribution in [-0.2, 0) is 17.6 Å². The van der Waals surface area contributed by atoms with E-state index in [1.54, 1.807) is 26.4 Å². The molecule has 0 aliphatic rings. The van der Waals surface area contributed by atoms with Crippen LogP contribution in [0.4, 0.5) is 5.69 Å². The minimum Gasteiger partial charge on any atom is -0.493 e. The fourth-order valence-corrected chi connectivity index (χ4v) is 4.25. The zero-order valence-electron chi connectivity index (χ0n) is 19.0. The Kier molecular flexibility index (Phi) is 7.03. The van der Waals surface area contributed by atoms with Gasteiger partial charge in [-0.3, -0.25) is 9.59 Å². The smallest absolute Gasteiger partial charge is 0.251 e. The summed E-state index contributed by atoms with van der Waals surface area (Å²) in [6.07, 6.45) is 0.792. The van der Waals surface area contributed by atoms with E-state index in [0.29, 0.717) is 40.8 Å². The number of methoxy groups -OCH3 is 2. The van der Waals surface area contributed by atoms with E-state index >= 15 is 0 Å². The highest BCUT2D eigenvalue weighted by Crippen LogP contribution is 2.33. The average molecular weight is 477 g/mol. The largest absolute Gasteiger partial charge is 0.493 e. The number of carbonyl (C=O) groups is 1. The zero-order valence-corrected chi connectivity index (χ0v) is 19.9. The number of aromatic nitrogens is 3. The van der Waals surface area contributed by atoms with Crippen LogP contribution in [0.5, 0.6) is 11.5 Å². The molecule has 2 N–H and O–H groups in total. The first-order valence-corrected chi connectivity index (χ1v) is 11.5. The molecule has 174 valence electrons. The van der Waals surface area contributed by atoms with Gasteiger partial charge in [0.05, 0.1) is 26.3 Å². The van der Waals surface area contributed by atoms with Gasteiger partial charge >= 0.3 is 0 Å². The van der Waals surface area contributed by atoms with Gasteiger partial charge in [-0.05, 0) is 36.8 Å². The Balaban J connectivity index is 1.46. The number of anilines is 1. The van der Waals surface area contributed by atoms with E-state index in [1.165, 1.54) is 17.4 Å². The Morgan fingerprint density at radius 3 is 2.59 bits per heavy atom. The normalized spacial score (nSPS) is 10.7. The summed E-state index contributed by atoms with van der Waals surface area (Å²) in [6.45, 7) is 1.94. The second-order valence-corrected chi connectivity index (χ2v) is 8.32. The number of hydrogen-bond acceptors (Lipinski definition) is 7. The molecule has 1 amide bonds. The summed E-state index contributed by atoms with van der Waals surface area (Å²) in [5.74, 6) is 1.55. The van der Waals surface area contributed by atoms with Crippen LogP contribution in [0.25, 0.3) is 22.0 Å². The zero-order chi connectivity index (χ0) is 24.1. The van der Waals surface area contributed by atoms with Crippen molar-refractivity contribution in [3.63, 3.8) is 0 Å². The summed E-state index contributed by atoms with van der Waals surface area (Å²) in [5.41, 5.74) is 3.40. The van der Waals surface area contributed by atoms with Gasteiger partial charge in [0, 0.05) is 34.0 Å². The highest BCUT2D eigenvalue weighted by molar-refractivity contribution is 7.13. The third-order valence-electron chi connectivity index (χ3n) is 5.10. The van der Waals surface area contributed by atoms with Crippen LogP contribution in [0.15, 0.2) is 58.7 Å². The van der Waals surface area contributed by atoms with Crippen molar-refractivity contribution >= 4 is 22.9 Å². The van der Waals surface area contributed by atoms with Crippen LogP contribution in [0, 0.1) is 0 Å². The molecule has 8 nitrogen and oxygen atoms in total. The van der Waals surface area contributed by atoms with E-state index in [-0.39, 0.29) is 17.9 Å². The third-order valence-corrected chi connectivity index (χ3v) is 6.04. The number of rotatable bonds is 8. The number of amides is 1. The van der Waals surface area contributed by atoms with Gasteiger partial charge in [-0.2, -0.15) is 0 Å². The second-order valence-electron chi connectivity index (χ2n) is 7.46. The van der Waals surface area contributed by atoms with Crippen molar-refractivity contribution in [2.45, 2.75) is 19.8 Å². The Morgan fingerprint density at radius 2 is 1.82 bits per heavy atom. The number of nitrogens with zero attached hydrogens (tertiary/aromatic N) is 2. The lowest BCUT2D eigenvalue weighted by Gasteiger charge is -2.08. The molecule has 0 saturated heterocycles. The summed E-state index contributed by atoms with van der Waals surface area (Å²) in [5, 5.41) is 5.55. The van der Waals surface area contributed by atoms with Crippen molar-refractivity contribution in [2.24, 2.45) is 0 Å². The van der Waals surface area contributed by atoms with Crippen molar-refractivity contribution in [3.05, 3.63) is 75.7 Å².